The molecule has 1 aliphatic rings. The van der Waals surface area contributed by atoms with Crippen molar-refractivity contribution < 1.29 is 4.92 Å². The van der Waals surface area contributed by atoms with E-state index in [4.69, 9.17) is 11.6 Å². The fraction of sp³-hybridized carbons (Fsp3) is 0.692. The van der Waals surface area contributed by atoms with Crippen LogP contribution in [0.2, 0.25) is 5.15 Å². The summed E-state index contributed by atoms with van der Waals surface area (Å²) in [7, 11) is 0. The molecule has 0 bridgehead atoms. The molecular formula is C13H19ClN4O2. The van der Waals surface area contributed by atoms with Gasteiger partial charge in [0.05, 0.1) is 4.92 Å². The summed E-state index contributed by atoms with van der Waals surface area (Å²) in [5.74, 6) is 1.26. The van der Waals surface area contributed by atoms with E-state index in [2.05, 4.69) is 29.1 Å². The summed E-state index contributed by atoms with van der Waals surface area (Å²) in [4.78, 5) is 18.3. The van der Waals surface area contributed by atoms with Crippen LogP contribution in [0.3, 0.4) is 0 Å². The van der Waals surface area contributed by atoms with Crippen LogP contribution in [0.4, 0.5) is 11.5 Å². The summed E-state index contributed by atoms with van der Waals surface area (Å²) < 4.78 is 0. The average molecular weight is 299 g/mol. The van der Waals surface area contributed by atoms with Crippen molar-refractivity contribution in [3.8, 4) is 0 Å². The van der Waals surface area contributed by atoms with E-state index >= 15 is 0 Å². The lowest BCUT2D eigenvalue weighted by Gasteiger charge is -2.35. The number of nitro groups is 1. The number of hydrogen-bond donors (Lipinski definition) is 1. The van der Waals surface area contributed by atoms with Crippen LogP contribution in [-0.4, -0.2) is 20.9 Å². The first-order chi connectivity index (χ1) is 9.50. The molecule has 0 saturated heterocycles. The lowest BCUT2D eigenvalue weighted by molar-refractivity contribution is -0.384. The molecule has 0 radical (unpaired) electrons. The van der Waals surface area contributed by atoms with Gasteiger partial charge in [-0.1, -0.05) is 38.3 Å². The summed E-state index contributed by atoms with van der Waals surface area (Å²) >= 11 is 5.81. The summed E-state index contributed by atoms with van der Waals surface area (Å²) in [5, 5.41) is 14.2. The highest BCUT2D eigenvalue weighted by atomic mass is 35.5. The monoisotopic (exact) mass is 298 g/mol. The van der Waals surface area contributed by atoms with Crippen LogP contribution in [0.1, 0.15) is 39.5 Å². The Bertz CT molecular complexity index is 495. The van der Waals surface area contributed by atoms with Crippen molar-refractivity contribution in [1.82, 2.24) is 9.97 Å². The number of rotatable bonds is 4. The Morgan fingerprint density at radius 2 is 2.10 bits per heavy atom. The number of aromatic nitrogens is 2. The lowest BCUT2D eigenvalue weighted by atomic mass is 9.78. The van der Waals surface area contributed by atoms with E-state index in [0.717, 1.165) is 19.3 Å². The summed E-state index contributed by atoms with van der Waals surface area (Å²) in [5.41, 5.74) is -0.234. The summed E-state index contributed by atoms with van der Waals surface area (Å²) in [6.07, 6.45) is 5.75. The highest BCUT2D eigenvalue weighted by Gasteiger charge is 2.30. The third-order valence-corrected chi connectivity index (χ3v) is 4.23. The Hall–Kier alpha value is -1.43. The second kappa shape index (κ2) is 6.35. The zero-order valence-corrected chi connectivity index (χ0v) is 12.4. The maximum absolute atomic E-state index is 11.1. The van der Waals surface area contributed by atoms with Crippen LogP contribution >= 0.6 is 11.6 Å². The third kappa shape index (κ3) is 3.17. The predicted molar refractivity (Wildman–Crippen MR) is 77.9 cm³/mol. The number of anilines is 1. The van der Waals surface area contributed by atoms with Gasteiger partial charge in [0.25, 0.3) is 0 Å². The van der Waals surface area contributed by atoms with E-state index in [1.807, 2.05) is 0 Å². The van der Waals surface area contributed by atoms with Crippen LogP contribution in [0.15, 0.2) is 6.33 Å². The van der Waals surface area contributed by atoms with E-state index in [1.54, 1.807) is 0 Å². The average Bonchev–Trinajstić information content (AvgIpc) is 2.38. The maximum Gasteiger partial charge on any atom is 0.348 e. The topological polar surface area (TPSA) is 81.0 Å². The van der Waals surface area contributed by atoms with Crippen molar-refractivity contribution in [3.63, 3.8) is 0 Å². The minimum atomic E-state index is -0.530. The minimum absolute atomic E-state index is 0.121. The van der Waals surface area contributed by atoms with Crippen molar-refractivity contribution in [2.45, 2.75) is 45.6 Å². The predicted octanol–water partition coefficient (Wildman–Crippen LogP) is 3.66. The fourth-order valence-electron chi connectivity index (χ4n) is 2.94. The summed E-state index contributed by atoms with van der Waals surface area (Å²) in [6.45, 7) is 4.37. The van der Waals surface area contributed by atoms with Gasteiger partial charge >= 0.3 is 5.69 Å². The van der Waals surface area contributed by atoms with Gasteiger partial charge in [-0.15, -0.1) is 0 Å². The molecule has 6 nitrogen and oxygen atoms in total. The standard InChI is InChI=1S/C13H19ClN4O2/c1-8(2)9-5-3-4-6-10(9)17-13-11(18(19)20)12(14)15-7-16-13/h7-10H,3-6H2,1-2H3,(H,15,16,17). The Balaban J connectivity index is 2.24. The van der Waals surface area contributed by atoms with Crippen molar-refractivity contribution in [2.75, 3.05) is 5.32 Å². The SMILES string of the molecule is CC(C)C1CCCCC1Nc1ncnc(Cl)c1[N+](=O)[O-]. The Kier molecular flexibility index (Phi) is 4.75. The number of hydrogen-bond acceptors (Lipinski definition) is 5. The molecule has 0 aliphatic heterocycles. The molecule has 0 spiro atoms. The molecule has 2 atom stereocenters. The van der Waals surface area contributed by atoms with Crippen molar-refractivity contribution >= 4 is 23.1 Å². The van der Waals surface area contributed by atoms with Gasteiger partial charge in [-0.25, -0.2) is 9.97 Å². The Morgan fingerprint density at radius 1 is 1.40 bits per heavy atom. The second-order valence-corrected chi connectivity index (χ2v) is 5.92. The maximum atomic E-state index is 11.1. The molecule has 1 fully saturated rings. The molecule has 1 heterocycles. The van der Waals surface area contributed by atoms with Gasteiger partial charge in [-0.3, -0.25) is 10.1 Å². The fourth-order valence-corrected chi connectivity index (χ4v) is 3.14. The molecule has 110 valence electrons. The molecule has 20 heavy (non-hydrogen) atoms. The Labute approximate surface area is 123 Å². The van der Waals surface area contributed by atoms with Gasteiger partial charge in [0.2, 0.25) is 11.0 Å². The zero-order valence-electron chi connectivity index (χ0n) is 11.7. The highest BCUT2D eigenvalue weighted by Crippen LogP contribution is 2.35. The first-order valence-corrected chi connectivity index (χ1v) is 7.30. The third-order valence-electron chi connectivity index (χ3n) is 3.96. The quantitative estimate of drug-likeness (QED) is 0.521. The van der Waals surface area contributed by atoms with Gasteiger partial charge in [-0.2, -0.15) is 0 Å². The van der Waals surface area contributed by atoms with Gasteiger partial charge in [0.15, 0.2) is 0 Å². The van der Waals surface area contributed by atoms with Crippen molar-refractivity contribution in [2.24, 2.45) is 11.8 Å². The lowest BCUT2D eigenvalue weighted by Crippen LogP contribution is -2.35. The van der Waals surface area contributed by atoms with E-state index in [0.29, 0.717) is 11.8 Å². The molecule has 2 unspecified atom stereocenters. The minimum Gasteiger partial charge on any atom is -0.361 e. The molecule has 7 heteroatoms. The van der Waals surface area contributed by atoms with Crippen LogP contribution in [0.25, 0.3) is 0 Å². The molecule has 1 N–H and O–H groups in total. The van der Waals surface area contributed by atoms with Gasteiger partial charge in [0, 0.05) is 6.04 Å². The van der Waals surface area contributed by atoms with Crippen molar-refractivity contribution in [3.05, 3.63) is 21.6 Å². The van der Waals surface area contributed by atoms with Crippen LogP contribution in [-0.2, 0) is 0 Å². The molecule has 1 saturated carbocycles. The second-order valence-electron chi connectivity index (χ2n) is 5.56. The van der Waals surface area contributed by atoms with Crippen LogP contribution < -0.4 is 5.32 Å². The normalized spacial score (nSPS) is 22.8. The first kappa shape index (κ1) is 15.0. The zero-order chi connectivity index (χ0) is 14.7. The number of halogens is 1. The van der Waals surface area contributed by atoms with Crippen molar-refractivity contribution in [1.29, 1.82) is 0 Å². The molecule has 1 aromatic rings. The van der Waals surface area contributed by atoms with E-state index in [-0.39, 0.29) is 22.7 Å². The molecule has 0 aromatic carbocycles. The van der Waals surface area contributed by atoms with E-state index in [9.17, 15) is 10.1 Å². The van der Waals surface area contributed by atoms with E-state index < -0.39 is 4.92 Å². The smallest absolute Gasteiger partial charge is 0.348 e. The molecular weight excluding hydrogens is 280 g/mol. The van der Waals surface area contributed by atoms with Gasteiger partial charge < -0.3 is 5.32 Å². The highest BCUT2D eigenvalue weighted by molar-refractivity contribution is 6.31. The summed E-state index contributed by atoms with van der Waals surface area (Å²) in [6, 6.07) is 0.202. The van der Waals surface area contributed by atoms with Crippen LogP contribution in [0, 0.1) is 22.0 Å². The molecule has 2 rings (SSSR count). The van der Waals surface area contributed by atoms with E-state index in [1.165, 1.54) is 12.7 Å². The van der Waals surface area contributed by atoms with Gasteiger partial charge in [-0.05, 0) is 24.7 Å². The molecule has 1 aliphatic carbocycles. The largest absolute Gasteiger partial charge is 0.361 e. The first-order valence-electron chi connectivity index (χ1n) is 6.92. The van der Waals surface area contributed by atoms with Crippen LogP contribution in [0.5, 0.6) is 0 Å². The number of nitrogens with zero attached hydrogens (tertiary/aromatic N) is 3. The molecule has 0 amide bonds. The molecule has 1 aromatic heterocycles. The van der Waals surface area contributed by atoms with Gasteiger partial charge in [0.1, 0.15) is 6.33 Å². The Morgan fingerprint density at radius 3 is 2.75 bits per heavy atom. The number of nitrogens with one attached hydrogen (secondary N) is 1.